The van der Waals surface area contributed by atoms with Gasteiger partial charge >= 0.3 is 5.97 Å². The molecular weight excluding hydrogens is 262 g/mol. The van der Waals surface area contributed by atoms with Crippen molar-refractivity contribution in [2.75, 3.05) is 23.5 Å². The molecule has 0 aliphatic rings. The third-order valence-electron chi connectivity index (χ3n) is 1.98. The zero-order chi connectivity index (χ0) is 13.1. The third kappa shape index (κ3) is 4.27. The quantitative estimate of drug-likeness (QED) is 0.617. The highest BCUT2D eigenvalue weighted by Crippen LogP contribution is 2.29. The molecular formula is C10H13NO4S2. The van der Waals surface area contributed by atoms with Gasteiger partial charge in [-0.25, -0.2) is 13.2 Å². The number of rotatable bonds is 5. The van der Waals surface area contributed by atoms with Crippen molar-refractivity contribution >= 4 is 33.3 Å². The first-order valence-electron chi connectivity index (χ1n) is 4.73. The number of thioether (sulfide) groups is 1. The molecule has 0 bridgehead atoms. The van der Waals surface area contributed by atoms with E-state index in [9.17, 15) is 13.2 Å². The lowest BCUT2D eigenvalue weighted by Crippen LogP contribution is -2.07. The van der Waals surface area contributed by atoms with Crippen molar-refractivity contribution in [3.63, 3.8) is 0 Å². The highest BCUT2D eigenvalue weighted by atomic mass is 32.2. The van der Waals surface area contributed by atoms with Gasteiger partial charge in [0, 0.05) is 22.6 Å². The van der Waals surface area contributed by atoms with Crippen LogP contribution in [0.3, 0.4) is 0 Å². The Kier molecular flexibility index (Phi) is 4.41. The summed E-state index contributed by atoms with van der Waals surface area (Å²) in [5.74, 6) is -0.794. The Labute approximate surface area is 104 Å². The average Bonchev–Trinajstić information content (AvgIpc) is 2.18. The van der Waals surface area contributed by atoms with Crippen molar-refractivity contribution in [1.29, 1.82) is 0 Å². The predicted molar refractivity (Wildman–Crippen MR) is 68.2 cm³/mol. The number of carbonyl (C=O) groups is 1. The van der Waals surface area contributed by atoms with Crippen LogP contribution in [0.4, 0.5) is 5.69 Å². The second kappa shape index (κ2) is 5.42. The van der Waals surface area contributed by atoms with E-state index < -0.39 is 15.8 Å². The van der Waals surface area contributed by atoms with E-state index in [0.29, 0.717) is 10.6 Å². The van der Waals surface area contributed by atoms with Crippen LogP contribution >= 0.6 is 11.8 Å². The van der Waals surface area contributed by atoms with Crippen LogP contribution in [-0.4, -0.2) is 37.3 Å². The molecule has 0 unspecified atom stereocenters. The van der Waals surface area contributed by atoms with Crippen LogP contribution in [-0.2, 0) is 9.84 Å². The first-order valence-corrected chi connectivity index (χ1v) is 7.78. The lowest BCUT2D eigenvalue weighted by Gasteiger charge is -2.08. The number of nitrogens with two attached hydrogens (primary N) is 1. The van der Waals surface area contributed by atoms with Crippen molar-refractivity contribution in [1.82, 2.24) is 0 Å². The van der Waals surface area contributed by atoms with Crippen molar-refractivity contribution in [2.24, 2.45) is 0 Å². The van der Waals surface area contributed by atoms with Gasteiger partial charge in [-0.15, -0.1) is 11.8 Å². The molecule has 1 rings (SSSR count). The fraction of sp³-hybridized carbons (Fsp3) is 0.300. The zero-order valence-corrected chi connectivity index (χ0v) is 10.8. The largest absolute Gasteiger partial charge is 0.478 e. The van der Waals surface area contributed by atoms with Gasteiger partial charge in [0.05, 0.1) is 11.3 Å². The van der Waals surface area contributed by atoms with Crippen molar-refractivity contribution in [3.05, 3.63) is 23.8 Å². The van der Waals surface area contributed by atoms with Gasteiger partial charge in [0.25, 0.3) is 0 Å². The van der Waals surface area contributed by atoms with E-state index in [1.807, 2.05) is 0 Å². The third-order valence-corrected chi connectivity index (χ3v) is 4.33. The summed E-state index contributed by atoms with van der Waals surface area (Å²) < 4.78 is 21.9. The van der Waals surface area contributed by atoms with Gasteiger partial charge in [-0.2, -0.15) is 0 Å². The minimum Gasteiger partial charge on any atom is -0.478 e. The normalized spacial score (nSPS) is 11.4. The Morgan fingerprint density at radius 1 is 1.47 bits per heavy atom. The number of nitrogen functional groups attached to an aromatic ring is 1. The molecule has 0 fully saturated rings. The van der Waals surface area contributed by atoms with Gasteiger partial charge in [0.1, 0.15) is 9.84 Å². The highest BCUT2D eigenvalue weighted by Gasteiger charge is 2.13. The Bertz CT molecular complexity index is 525. The number of hydrogen-bond donors (Lipinski definition) is 2. The van der Waals surface area contributed by atoms with Crippen LogP contribution in [0.2, 0.25) is 0 Å². The van der Waals surface area contributed by atoms with E-state index in [4.69, 9.17) is 10.8 Å². The smallest absolute Gasteiger partial charge is 0.336 e. The second-order valence-corrected chi connectivity index (χ2v) is 6.87. The lowest BCUT2D eigenvalue weighted by atomic mass is 10.2. The lowest BCUT2D eigenvalue weighted by molar-refractivity contribution is 0.0693. The summed E-state index contributed by atoms with van der Waals surface area (Å²) in [7, 11) is -3.05. The number of aromatic carboxylic acids is 1. The maximum atomic E-state index is 11.0. The topological polar surface area (TPSA) is 97.5 Å². The van der Waals surface area contributed by atoms with E-state index in [2.05, 4.69) is 0 Å². The van der Waals surface area contributed by atoms with Gasteiger partial charge in [-0.05, 0) is 12.1 Å². The molecule has 0 atom stereocenters. The Balaban J connectivity index is 2.86. The molecule has 0 amide bonds. The molecule has 17 heavy (non-hydrogen) atoms. The maximum absolute atomic E-state index is 11.0. The standard InChI is InChI=1S/C10H13NO4S2/c1-17(14,15)6-5-16-9-7(10(12)13)3-2-4-8(9)11/h2-4H,5-6,11H2,1H3,(H,12,13). The van der Waals surface area contributed by atoms with Crippen molar-refractivity contribution < 1.29 is 18.3 Å². The maximum Gasteiger partial charge on any atom is 0.336 e. The van der Waals surface area contributed by atoms with E-state index in [1.165, 1.54) is 6.07 Å². The van der Waals surface area contributed by atoms with Gasteiger partial charge < -0.3 is 10.8 Å². The molecule has 0 aliphatic carbocycles. The van der Waals surface area contributed by atoms with Crippen LogP contribution in [0, 0.1) is 0 Å². The number of hydrogen-bond acceptors (Lipinski definition) is 5. The summed E-state index contributed by atoms with van der Waals surface area (Å²) in [4.78, 5) is 11.4. The van der Waals surface area contributed by atoms with E-state index in [1.54, 1.807) is 12.1 Å². The fourth-order valence-corrected chi connectivity index (χ4v) is 3.47. The summed E-state index contributed by atoms with van der Waals surface area (Å²) in [6.07, 6.45) is 1.14. The summed E-state index contributed by atoms with van der Waals surface area (Å²) in [5, 5.41) is 8.96. The Hall–Kier alpha value is -1.21. The summed E-state index contributed by atoms with van der Waals surface area (Å²) in [5.41, 5.74) is 6.13. The minimum atomic E-state index is -3.05. The number of sulfone groups is 1. The van der Waals surface area contributed by atoms with Gasteiger partial charge in [0.2, 0.25) is 0 Å². The molecule has 0 saturated carbocycles. The molecule has 0 saturated heterocycles. The summed E-state index contributed by atoms with van der Waals surface area (Å²) >= 11 is 1.14. The molecule has 5 nitrogen and oxygen atoms in total. The monoisotopic (exact) mass is 275 g/mol. The molecule has 1 aromatic carbocycles. The van der Waals surface area contributed by atoms with E-state index in [0.717, 1.165) is 18.0 Å². The molecule has 1 aromatic rings. The second-order valence-electron chi connectivity index (χ2n) is 3.51. The molecule has 94 valence electrons. The summed E-state index contributed by atoms with van der Waals surface area (Å²) in [6.45, 7) is 0. The first kappa shape index (κ1) is 13.9. The number of benzene rings is 1. The van der Waals surface area contributed by atoms with E-state index in [-0.39, 0.29) is 17.1 Å². The van der Waals surface area contributed by atoms with E-state index >= 15 is 0 Å². The fourth-order valence-electron chi connectivity index (χ4n) is 1.18. The van der Waals surface area contributed by atoms with Gasteiger partial charge in [-0.1, -0.05) is 6.07 Å². The number of carboxylic acids is 1. The van der Waals surface area contributed by atoms with Crippen molar-refractivity contribution in [2.45, 2.75) is 4.90 Å². The zero-order valence-electron chi connectivity index (χ0n) is 9.21. The SMILES string of the molecule is CS(=O)(=O)CCSc1c(N)cccc1C(=O)O. The average molecular weight is 275 g/mol. The van der Waals surface area contributed by atoms with Crippen LogP contribution in [0.25, 0.3) is 0 Å². The summed E-state index contributed by atoms with van der Waals surface area (Å²) in [6, 6.07) is 4.59. The molecule has 3 N–H and O–H groups in total. The number of anilines is 1. The van der Waals surface area contributed by atoms with Crippen molar-refractivity contribution in [3.8, 4) is 0 Å². The van der Waals surface area contributed by atoms with Gasteiger partial charge in [-0.3, -0.25) is 0 Å². The Morgan fingerprint density at radius 3 is 2.65 bits per heavy atom. The first-order chi connectivity index (χ1) is 7.81. The van der Waals surface area contributed by atoms with Crippen LogP contribution in [0.1, 0.15) is 10.4 Å². The molecule has 0 aromatic heterocycles. The molecule has 0 heterocycles. The predicted octanol–water partition coefficient (Wildman–Crippen LogP) is 1.10. The molecule has 0 spiro atoms. The van der Waals surface area contributed by atoms with Crippen LogP contribution in [0.15, 0.2) is 23.1 Å². The molecule has 7 heteroatoms. The number of carboxylic acid groups (broad SMARTS) is 1. The van der Waals surface area contributed by atoms with Gasteiger partial charge in [0.15, 0.2) is 0 Å². The van der Waals surface area contributed by atoms with Crippen LogP contribution < -0.4 is 5.73 Å². The minimum absolute atomic E-state index is 0.00887. The molecule has 0 radical (unpaired) electrons. The molecule has 0 aliphatic heterocycles. The van der Waals surface area contributed by atoms with Crippen LogP contribution in [0.5, 0.6) is 0 Å². The highest BCUT2D eigenvalue weighted by molar-refractivity contribution is 8.00. The Morgan fingerprint density at radius 2 is 2.12 bits per heavy atom.